The molecule has 1 aromatic heterocycles. The molecule has 0 spiro atoms. The molecule has 0 fully saturated rings. The van der Waals surface area contributed by atoms with Crippen LogP contribution in [0.2, 0.25) is 0 Å². The molecule has 19 heavy (non-hydrogen) atoms. The quantitative estimate of drug-likeness (QED) is 0.689. The van der Waals surface area contributed by atoms with Crippen molar-refractivity contribution in [2.45, 2.75) is 19.4 Å². The van der Waals surface area contributed by atoms with Crippen molar-refractivity contribution in [3.8, 4) is 5.69 Å². The zero-order chi connectivity index (χ0) is 14.2. The van der Waals surface area contributed by atoms with E-state index in [4.69, 9.17) is 0 Å². The summed E-state index contributed by atoms with van der Waals surface area (Å²) in [4.78, 5) is 10.3. The van der Waals surface area contributed by atoms with E-state index in [0.717, 1.165) is 0 Å². The lowest BCUT2D eigenvalue weighted by atomic mass is 10.1. The van der Waals surface area contributed by atoms with Gasteiger partial charge in [0.05, 0.1) is 16.8 Å². The summed E-state index contributed by atoms with van der Waals surface area (Å²) in [6.07, 6.45) is 1.53. The van der Waals surface area contributed by atoms with Crippen LogP contribution >= 0.6 is 15.9 Å². The Balaban J connectivity index is 2.49. The molecular weight excluding hydrogens is 316 g/mol. The fourth-order valence-corrected chi connectivity index (χ4v) is 1.88. The van der Waals surface area contributed by atoms with Crippen LogP contribution in [0.3, 0.4) is 0 Å². The second-order valence-electron chi connectivity index (χ2n) is 4.50. The number of nitro groups is 1. The SMILES string of the molecule is CC(C)(O)c1cn(-c2cc([N+](=O)[O-])ccc2Br)nn1. The van der Waals surface area contributed by atoms with Crippen molar-refractivity contribution in [2.75, 3.05) is 0 Å². The van der Waals surface area contributed by atoms with Gasteiger partial charge >= 0.3 is 0 Å². The number of halogens is 1. The molecule has 7 nitrogen and oxygen atoms in total. The van der Waals surface area contributed by atoms with Gasteiger partial charge in [-0.2, -0.15) is 0 Å². The van der Waals surface area contributed by atoms with Crippen molar-refractivity contribution < 1.29 is 10.0 Å². The fourth-order valence-electron chi connectivity index (χ4n) is 1.45. The third-order valence-electron chi connectivity index (χ3n) is 2.51. The number of hydrogen-bond acceptors (Lipinski definition) is 5. The standard InChI is InChI=1S/C11H11BrN4O3/c1-11(2,17)10-6-15(14-13-10)9-5-7(16(18)19)3-4-8(9)12/h3-6,17H,1-2H3. The molecule has 100 valence electrons. The van der Waals surface area contributed by atoms with Gasteiger partial charge in [-0.15, -0.1) is 5.10 Å². The minimum absolute atomic E-state index is 0.0430. The molecule has 0 radical (unpaired) electrons. The highest BCUT2D eigenvalue weighted by atomic mass is 79.9. The molecule has 0 atom stereocenters. The van der Waals surface area contributed by atoms with Crippen LogP contribution in [0.1, 0.15) is 19.5 Å². The van der Waals surface area contributed by atoms with E-state index < -0.39 is 10.5 Å². The number of non-ortho nitro benzene ring substituents is 1. The number of rotatable bonds is 3. The fraction of sp³-hybridized carbons (Fsp3) is 0.273. The average molecular weight is 327 g/mol. The summed E-state index contributed by atoms with van der Waals surface area (Å²) in [6.45, 7) is 3.17. The van der Waals surface area contributed by atoms with Gasteiger partial charge in [0.25, 0.3) is 5.69 Å². The lowest BCUT2D eigenvalue weighted by Crippen LogP contribution is -2.15. The van der Waals surface area contributed by atoms with E-state index in [1.807, 2.05) is 0 Å². The molecule has 8 heteroatoms. The molecule has 0 aliphatic heterocycles. The van der Waals surface area contributed by atoms with E-state index in [1.54, 1.807) is 19.9 Å². The minimum atomic E-state index is -1.12. The smallest absolute Gasteiger partial charge is 0.271 e. The van der Waals surface area contributed by atoms with Crippen LogP contribution in [-0.2, 0) is 5.60 Å². The maximum Gasteiger partial charge on any atom is 0.271 e. The third kappa shape index (κ3) is 2.79. The molecule has 1 heterocycles. The van der Waals surface area contributed by atoms with E-state index in [9.17, 15) is 15.2 Å². The van der Waals surface area contributed by atoms with Crippen LogP contribution < -0.4 is 0 Å². The van der Waals surface area contributed by atoms with Crippen LogP contribution in [0.15, 0.2) is 28.9 Å². The first kappa shape index (κ1) is 13.6. The Morgan fingerprint density at radius 2 is 2.16 bits per heavy atom. The Hall–Kier alpha value is -1.80. The Labute approximate surface area is 117 Å². The lowest BCUT2D eigenvalue weighted by Gasteiger charge is -2.11. The van der Waals surface area contributed by atoms with Gasteiger partial charge < -0.3 is 5.11 Å². The van der Waals surface area contributed by atoms with Crippen molar-refractivity contribution in [1.29, 1.82) is 0 Å². The van der Waals surface area contributed by atoms with Crippen LogP contribution in [-0.4, -0.2) is 25.0 Å². The summed E-state index contributed by atoms with van der Waals surface area (Å²) in [7, 11) is 0. The third-order valence-corrected chi connectivity index (χ3v) is 3.18. The Kier molecular flexibility index (Phi) is 3.38. The van der Waals surface area contributed by atoms with E-state index in [2.05, 4.69) is 26.2 Å². The highest BCUT2D eigenvalue weighted by Gasteiger charge is 2.21. The molecule has 0 bridgehead atoms. The first-order valence-electron chi connectivity index (χ1n) is 5.38. The zero-order valence-electron chi connectivity index (χ0n) is 10.2. The number of aromatic nitrogens is 3. The van der Waals surface area contributed by atoms with E-state index >= 15 is 0 Å². The first-order valence-corrected chi connectivity index (χ1v) is 6.18. The summed E-state index contributed by atoms with van der Waals surface area (Å²) in [6, 6.07) is 4.34. The van der Waals surface area contributed by atoms with Crippen molar-refractivity contribution >= 4 is 21.6 Å². The van der Waals surface area contributed by atoms with Gasteiger partial charge in [-0.25, -0.2) is 4.68 Å². The highest BCUT2D eigenvalue weighted by molar-refractivity contribution is 9.10. The summed E-state index contributed by atoms with van der Waals surface area (Å²) in [5, 5.41) is 28.3. The van der Waals surface area contributed by atoms with Crippen LogP contribution in [0.5, 0.6) is 0 Å². The topological polar surface area (TPSA) is 94.1 Å². The zero-order valence-corrected chi connectivity index (χ0v) is 11.8. The van der Waals surface area contributed by atoms with Gasteiger partial charge in [0, 0.05) is 16.6 Å². The molecular formula is C11H11BrN4O3. The molecule has 0 unspecified atom stereocenters. The van der Waals surface area contributed by atoms with Crippen LogP contribution in [0, 0.1) is 10.1 Å². The summed E-state index contributed by atoms with van der Waals surface area (Å²) in [5.74, 6) is 0. The molecule has 2 rings (SSSR count). The predicted octanol–water partition coefficient (Wildman–Crippen LogP) is 2.17. The molecule has 0 amide bonds. The number of benzene rings is 1. The van der Waals surface area contributed by atoms with Gasteiger partial charge in [-0.1, -0.05) is 5.21 Å². The summed E-state index contributed by atoms with van der Waals surface area (Å²) in [5.41, 5.74) is -0.299. The van der Waals surface area contributed by atoms with Gasteiger partial charge in [0.15, 0.2) is 0 Å². The molecule has 0 aliphatic rings. The van der Waals surface area contributed by atoms with E-state index in [-0.39, 0.29) is 5.69 Å². The number of hydrogen-bond donors (Lipinski definition) is 1. The molecule has 0 aliphatic carbocycles. The maximum absolute atomic E-state index is 10.8. The predicted molar refractivity (Wildman–Crippen MR) is 71.0 cm³/mol. The van der Waals surface area contributed by atoms with Crippen LogP contribution in [0.4, 0.5) is 5.69 Å². The lowest BCUT2D eigenvalue weighted by molar-refractivity contribution is -0.384. The average Bonchev–Trinajstić information content (AvgIpc) is 2.78. The number of aliphatic hydroxyl groups is 1. The van der Waals surface area contributed by atoms with E-state index in [1.165, 1.54) is 23.0 Å². The second-order valence-corrected chi connectivity index (χ2v) is 5.35. The maximum atomic E-state index is 10.8. The van der Waals surface area contributed by atoms with Gasteiger partial charge in [-0.05, 0) is 35.8 Å². The summed E-state index contributed by atoms with van der Waals surface area (Å²) < 4.78 is 2.02. The number of nitrogens with zero attached hydrogens (tertiary/aromatic N) is 4. The van der Waals surface area contributed by atoms with Crippen molar-refractivity contribution in [2.24, 2.45) is 0 Å². The van der Waals surface area contributed by atoms with Crippen molar-refractivity contribution in [3.05, 3.63) is 44.7 Å². The minimum Gasteiger partial charge on any atom is -0.384 e. The monoisotopic (exact) mass is 326 g/mol. The molecule has 0 saturated carbocycles. The normalized spacial score (nSPS) is 11.6. The molecule has 1 N–H and O–H groups in total. The van der Waals surface area contributed by atoms with Crippen molar-refractivity contribution in [1.82, 2.24) is 15.0 Å². The Bertz CT molecular complexity index is 633. The van der Waals surface area contributed by atoms with Gasteiger partial charge in [0.2, 0.25) is 0 Å². The van der Waals surface area contributed by atoms with Crippen LogP contribution in [0.25, 0.3) is 5.69 Å². The first-order chi connectivity index (χ1) is 8.79. The Morgan fingerprint density at radius 3 is 2.68 bits per heavy atom. The summed E-state index contributed by atoms with van der Waals surface area (Å²) >= 11 is 3.30. The Morgan fingerprint density at radius 1 is 1.47 bits per heavy atom. The largest absolute Gasteiger partial charge is 0.384 e. The van der Waals surface area contributed by atoms with Crippen molar-refractivity contribution in [3.63, 3.8) is 0 Å². The highest BCUT2D eigenvalue weighted by Crippen LogP contribution is 2.26. The molecule has 1 aromatic carbocycles. The molecule has 0 saturated heterocycles. The number of nitro benzene ring substituents is 1. The van der Waals surface area contributed by atoms with Gasteiger partial charge in [0.1, 0.15) is 11.3 Å². The second kappa shape index (κ2) is 4.71. The van der Waals surface area contributed by atoms with Gasteiger partial charge in [-0.3, -0.25) is 10.1 Å². The molecule has 2 aromatic rings. The van der Waals surface area contributed by atoms with E-state index in [0.29, 0.717) is 15.9 Å².